The SMILES string of the molecule is O=CCc1cc(F)c(F)c(Cl)c1O. The van der Waals surface area contributed by atoms with E-state index in [0.29, 0.717) is 6.29 Å². The zero-order valence-corrected chi connectivity index (χ0v) is 7.11. The van der Waals surface area contributed by atoms with E-state index in [0.717, 1.165) is 6.07 Å². The van der Waals surface area contributed by atoms with Gasteiger partial charge in [0.25, 0.3) is 0 Å². The Bertz CT molecular complexity index is 352. The first kappa shape index (κ1) is 9.92. The zero-order chi connectivity index (χ0) is 10.0. The highest BCUT2D eigenvalue weighted by Gasteiger charge is 2.15. The number of hydrogen-bond acceptors (Lipinski definition) is 2. The van der Waals surface area contributed by atoms with Crippen LogP contribution in [-0.4, -0.2) is 11.4 Å². The molecule has 0 saturated carbocycles. The van der Waals surface area contributed by atoms with Gasteiger partial charge in [-0.3, -0.25) is 0 Å². The van der Waals surface area contributed by atoms with Crippen molar-refractivity contribution >= 4 is 17.9 Å². The minimum Gasteiger partial charge on any atom is -0.506 e. The van der Waals surface area contributed by atoms with Crippen molar-refractivity contribution < 1.29 is 18.7 Å². The number of rotatable bonds is 2. The molecule has 2 nitrogen and oxygen atoms in total. The fraction of sp³-hybridized carbons (Fsp3) is 0.125. The van der Waals surface area contributed by atoms with Crippen LogP contribution in [0.5, 0.6) is 5.75 Å². The van der Waals surface area contributed by atoms with Crippen LogP contribution in [0.4, 0.5) is 8.78 Å². The Morgan fingerprint density at radius 1 is 1.54 bits per heavy atom. The van der Waals surface area contributed by atoms with E-state index in [9.17, 15) is 13.6 Å². The average Bonchev–Trinajstić information content (AvgIpc) is 2.11. The van der Waals surface area contributed by atoms with Gasteiger partial charge in [0.2, 0.25) is 0 Å². The van der Waals surface area contributed by atoms with Crippen molar-refractivity contribution in [2.45, 2.75) is 6.42 Å². The van der Waals surface area contributed by atoms with E-state index in [1.54, 1.807) is 0 Å². The van der Waals surface area contributed by atoms with Crippen LogP contribution in [0.15, 0.2) is 6.07 Å². The van der Waals surface area contributed by atoms with Gasteiger partial charge in [-0.15, -0.1) is 0 Å². The number of carbonyl (C=O) groups excluding carboxylic acids is 1. The predicted molar refractivity (Wildman–Crippen MR) is 42.8 cm³/mol. The summed E-state index contributed by atoms with van der Waals surface area (Å²) in [6.45, 7) is 0. The van der Waals surface area contributed by atoms with Gasteiger partial charge >= 0.3 is 0 Å². The molecule has 0 aliphatic carbocycles. The molecule has 0 amide bonds. The Balaban J connectivity index is 3.31. The first-order chi connectivity index (χ1) is 6.07. The summed E-state index contributed by atoms with van der Waals surface area (Å²) >= 11 is 5.24. The van der Waals surface area contributed by atoms with E-state index in [1.165, 1.54) is 0 Å². The Morgan fingerprint density at radius 2 is 2.15 bits per heavy atom. The lowest BCUT2D eigenvalue weighted by molar-refractivity contribution is -0.107. The second kappa shape index (κ2) is 3.70. The summed E-state index contributed by atoms with van der Waals surface area (Å²) < 4.78 is 25.3. The maximum atomic E-state index is 12.7. The number of aldehydes is 1. The molecule has 0 aliphatic rings. The van der Waals surface area contributed by atoms with Crippen LogP contribution >= 0.6 is 11.6 Å². The number of phenols is 1. The van der Waals surface area contributed by atoms with Crippen molar-refractivity contribution in [1.82, 2.24) is 0 Å². The van der Waals surface area contributed by atoms with Gasteiger partial charge in [-0.25, -0.2) is 8.78 Å². The Hall–Kier alpha value is -1.16. The molecule has 0 aromatic heterocycles. The summed E-state index contributed by atoms with van der Waals surface area (Å²) in [7, 11) is 0. The summed E-state index contributed by atoms with van der Waals surface area (Å²) in [6.07, 6.45) is 0.255. The molecular formula is C8H5ClF2O2. The van der Waals surface area contributed by atoms with Crippen LogP contribution in [0, 0.1) is 11.6 Å². The van der Waals surface area contributed by atoms with Crippen molar-refractivity contribution in [2.24, 2.45) is 0 Å². The maximum absolute atomic E-state index is 12.7. The third-order valence-electron chi connectivity index (χ3n) is 1.52. The zero-order valence-electron chi connectivity index (χ0n) is 6.35. The smallest absolute Gasteiger partial charge is 0.181 e. The molecular weight excluding hydrogens is 202 g/mol. The molecule has 1 aromatic rings. The Morgan fingerprint density at radius 3 is 2.69 bits per heavy atom. The maximum Gasteiger partial charge on any atom is 0.181 e. The molecule has 70 valence electrons. The quantitative estimate of drug-likeness (QED) is 0.594. The standard InChI is InChI=1S/C8H5ClF2O2/c9-6-7(11)5(10)3-4(1-2-12)8(6)13/h2-3,13H,1H2. The highest BCUT2D eigenvalue weighted by molar-refractivity contribution is 6.32. The molecule has 0 atom stereocenters. The number of benzene rings is 1. The van der Waals surface area contributed by atoms with Gasteiger partial charge in [-0.2, -0.15) is 0 Å². The summed E-state index contributed by atoms with van der Waals surface area (Å²) in [5.74, 6) is -3.08. The minimum absolute atomic E-state index is 0.0288. The molecule has 1 N–H and O–H groups in total. The highest BCUT2D eigenvalue weighted by Crippen LogP contribution is 2.31. The van der Waals surface area contributed by atoms with Gasteiger partial charge in [0.05, 0.1) is 0 Å². The fourth-order valence-corrected chi connectivity index (χ4v) is 1.09. The molecule has 1 aromatic carbocycles. The Labute approximate surface area is 77.8 Å². The first-order valence-corrected chi connectivity index (χ1v) is 3.74. The van der Waals surface area contributed by atoms with Crippen LogP contribution in [0.3, 0.4) is 0 Å². The van der Waals surface area contributed by atoms with Crippen LogP contribution in [-0.2, 0) is 11.2 Å². The molecule has 0 bridgehead atoms. The topological polar surface area (TPSA) is 37.3 Å². The van der Waals surface area contributed by atoms with Crippen LogP contribution in [0.2, 0.25) is 5.02 Å². The number of hydrogen-bond donors (Lipinski definition) is 1. The van der Waals surface area contributed by atoms with Gasteiger partial charge in [0, 0.05) is 12.0 Å². The van der Waals surface area contributed by atoms with Crippen molar-refractivity contribution in [3.63, 3.8) is 0 Å². The molecule has 0 fully saturated rings. The molecule has 0 radical (unpaired) electrons. The van der Waals surface area contributed by atoms with Crippen molar-refractivity contribution in [3.05, 3.63) is 28.3 Å². The van der Waals surface area contributed by atoms with Gasteiger partial charge in [-0.1, -0.05) is 11.6 Å². The monoisotopic (exact) mass is 206 g/mol. The molecule has 0 unspecified atom stereocenters. The van der Waals surface area contributed by atoms with Crippen LogP contribution in [0.1, 0.15) is 5.56 Å². The molecule has 0 saturated heterocycles. The summed E-state index contributed by atoms with van der Waals surface area (Å²) in [6, 6.07) is 0.741. The van der Waals surface area contributed by atoms with Crippen LogP contribution < -0.4 is 0 Å². The second-order valence-electron chi connectivity index (χ2n) is 2.36. The normalized spacial score (nSPS) is 10.1. The molecule has 0 spiro atoms. The Kier molecular flexibility index (Phi) is 2.83. The van der Waals surface area contributed by atoms with Gasteiger partial charge in [0.15, 0.2) is 11.6 Å². The summed E-state index contributed by atoms with van der Waals surface area (Å²) in [5, 5.41) is 8.44. The lowest BCUT2D eigenvalue weighted by Gasteiger charge is -2.04. The van der Waals surface area contributed by atoms with Gasteiger partial charge in [0.1, 0.15) is 17.1 Å². The lowest BCUT2D eigenvalue weighted by atomic mass is 10.1. The minimum atomic E-state index is -1.31. The fourth-order valence-electron chi connectivity index (χ4n) is 0.880. The summed E-state index contributed by atoms with van der Waals surface area (Å²) in [4.78, 5) is 10.1. The molecule has 0 aliphatic heterocycles. The largest absolute Gasteiger partial charge is 0.506 e. The number of carbonyl (C=O) groups is 1. The van der Waals surface area contributed by atoms with E-state index < -0.39 is 22.4 Å². The van der Waals surface area contributed by atoms with E-state index in [1.807, 2.05) is 0 Å². The summed E-state index contributed by atoms with van der Waals surface area (Å²) in [5.41, 5.74) is -0.0288. The van der Waals surface area contributed by atoms with Crippen LogP contribution in [0.25, 0.3) is 0 Å². The van der Waals surface area contributed by atoms with Crippen molar-refractivity contribution in [2.75, 3.05) is 0 Å². The van der Waals surface area contributed by atoms with Crippen molar-refractivity contribution in [1.29, 1.82) is 0 Å². The average molecular weight is 207 g/mol. The third-order valence-corrected chi connectivity index (χ3v) is 1.86. The molecule has 5 heteroatoms. The molecule has 13 heavy (non-hydrogen) atoms. The van der Waals surface area contributed by atoms with E-state index in [4.69, 9.17) is 16.7 Å². The number of phenolic OH excluding ortho intramolecular Hbond substituents is 1. The highest BCUT2D eigenvalue weighted by atomic mass is 35.5. The van der Waals surface area contributed by atoms with Gasteiger partial charge < -0.3 is 9.90 Å². The van der Waals surface area contributed by atoms with Crippen molar-refractivity contribution in [3.8, 4) is 5.75 Å². The molecule has 1 rings (SSSR count). The lowest BCUT2D eigenvalue weighted by Crippen LogP contribution is -1.93. The molecule has 0 heterocycles. The number of halogens is 3. The number of aromatic hydroxyl groups is 1. The third kappa shape index (κ3) is 1.78. The first-order valence-electron chi connectivity index (χ1n) is 3.37. The van der Waals surface area contributed by atoms with E-state index >= 15 is 0 Å². The van der Waals surface area contributed by atoms with E-state index in [2.05, 4.69) is 0 Å². The van der Waals surface area contributed by atoms with E-state index in [-0.39, 0.29) is 12.0 Å². The predicted octanol–water partition coefficient (Wildman–Crippen LogP) is 2.07. The second-order valence-corrected chi connectivity index (χ2v) is 2.74. The van der Waals surface area contributed by atoms with Gasteiger partial charge in [-0.05, 0) is 6.07 Å².